The van der Waals surface area contributed by atoms with Crippen LogP contribution < -0.4 is 5.32 Å². The highest BCUT2D eigenvalue weighted by Gasteiger charge is 2.10. The second-order valence-corrected chi connectivity index (χ2v) is 3.90. The first-order valence-corrected chi connectivity index (χ1v) is 5.32. The van der Waals surface area contributed by atoms with Gasteiger partial charge in [-0.05, 0) is 31.5 Å². The number of carbonyl (C=O) groups is 2. The molecule has 1 unspecified atom stereocenters. The van der Waals surface area contributed by atoms with E-state index in [1.807, 2.05) is 13.0 Å². The van der Waals surface area contributed by atoms with Gasteiger partial charge in [-0.2, -0.15) is 5.26 Å². The Hall–Kier alpha value is -2.15. The maximum atomic E-state index is 11.4. The average molecular weight is 230 g/mol. The van der Waals surface area contributed by atoms with E-state index in [1.165, 1.54) is 6.92 Å². The second-order valence-electron chi connectivity index (χ2n) is 3.90. The molecule has 1 amide bonds. The third-order valence-corrected chi connectivity index (χ3v) is 2.33. The number of ketones is 1. The van der Waals surface area contributed by atoms with Crippen molar-refractivity contribution in [3.63, 3.8) is 0 Å². The van der Waals surface area contributed by atoms with Crippen molar-refractivity contribution < 1.29 is 9.59 Å². The molecule has 0 aliphatic carbocycles. The molecule has 4 nitrogen and oxygen atoms in total. The molecule has 1 aromatic rings. The minimum Gasteiger partial charge on any atom is -0.349 e. The van der Waals surface area contributed by atoms with Gasteiger partial charge in [-0.15, -0.1) is 0 Å². The lowest BCUT2D eigenvalue weighted by Gasteiger charge is -2.13. The summed E-state index contributed by atoms with van der Waals surface area (Å²) in [4.78, 5) is 22.1. The van der Waals surface area contributed by atoms with Crippen LogP contribution in [0.4, 0.5) is 0 Å². The van der Waals surface area contributed by atoms with Crippen LogP contribution in [0.5, 0.6) is 0 Å². The number of rotatable bonds is 4. The van der Waals surface area contributed by atoms with Crippen LogP contribution in [0.25, 0.3) is 0 Å². The first-order chi connectivity index (χ1) is 8.02. The number of nitriles is 1. The first-order valence-electron chi connectivity index (χ1n) is 5.32. The minimum absolute atomic E-state index is 0.0966. The molecule has 0 aliphatic heterocycles. The molecular weight excluding hydrogens is 216 g/mol. The SMILES string of the molecule is CC(=O)CC(=O)NC(C)c1ccc(C#N)cc1. The quantitative estimate of drug-likeness (QED) is 0.800. The molecule has 0 fully saturated rings. The Kier molecular flexibility index (Phi) is 4.41. The lowest BCUT2D eigenvalue weighted by molar-refractivity contribution is -0.127. The Morgan fingerprint density at radius 1 is 1.35 bits per heavy atom. The number of hydrogen-bond acceptors (Lipinski definition) is 3. The van der Waals surface area contributed by atoms with Crippen molar-refractivity contribution in [1.29, 1.82) is 5.26 Å². The van der Waals surface area contributed by atoms with Gasteiger partial charge in [0.05, 0.1) is 24.1 Å². The molecule has 0 aromatic heterocycles. The fourth-order valence-corrected chi connectivity index (χ4v) is 1.45. The molecule has 1 atom stereocenters. The third-order valence-electron chi connectivity index (χ3n) is 2.33. The topological polar surface area (TPSA) is 70.0 Å². The zero-order valence-corrected chi connectivity index (χ0v) is 9.86. The highest BCUT2D eigenvalue weighted by atomic mass is 16.2. The maximum absolute atomic E-state index is 11.4. The van der Waals surface area contributed by atoms with E-state index >= 15 is 0 Å². The molecule has 0 radical (unpaired) electrons. The van der Waals surface area contributed by atoms with Crippen molar-refractivity contribution in [2.45, 2.75) is 26.3 Å². The van der Waals surface area contributed by atoms with E-state index < -0.39 is 0 Å². The summed E-state index contributed by atoms with van der Waals surface area (Å²) in [5.41, 5.74) is 1.48. The predicted molar refractivity (Wildman–Crippen MR) is 63.0 cm³/mol. The van der Waals surface area contributed by atoms with Crippen LogP contribution in [-0.4, -0.2) is 11.7 Å². The molecule has 0 aliphatic rings. The van der Waals surface area contributed by atoms with Crippen molar-refractivity contribution >= 4 is 11.7 Å². The molecule has 1 N–H and O–H groups in total. The van der Waals surface area contributed by atoms with E-state index in [-0.39, 0.29) is 24.2 Å². The van der Waals surface area contributed by atoms with Gasteiger partial charge in [0.2, 0.25) is 5.91 Å². The molecule has 0 spiro atoms. The van der Waals surface area contributed by atoms with E-state index in [9.17, 15) is 9.59 Å². The third kappa shape index (κ3) is 4.07. The summed E-state index contributed by atoms with van der Waals surface area (Å²) in [7, 11) is 0. The van der Waals surface area contributed by atoms with Crippen LogP contribution in [0, 0.1) is 11.3 Å². The summed E-state index contributed by atoms with van der Waals surface area (Å²) in [5, 5.41) is 11.4. The first kappa shape index (κ1) is 12.9. The fourth-order valence-electron chi connectivity index (χ4n) is 1.45. The number of nitrogens with one attached hydrogen (secondary N) is 1. The van der Waals surface area contributed by atoms with Crippen LogP contribution >= 0.6 is 0 Å². The summed E-state index contributed by atoms with van der Waals surface area (Å²) in [5.74, 6) is -0.441. The number of benzene rings is 1. The smallest absolute Gasteiger partial charge is 0.227 e. The Balaban J connectivity index is 2.63. The summed E-state index contributed by atoms with van der Waals surface area (Å²) >= 11 is 0. The van der Waals surface area contributed by atoms with Gasteiger partial charge in [0.15, 0.2) is 0 Å². The summed E-state index contributed by atoms with van der Waals surface area (Å²) in [6, 6.07) is 8.83. The van der Waals surface area contributed by atoms with Crippen LogP contribution in [0.1, 0.15) is 37.4 Å². The van der Waals surface area contributed by atoms with E-state index in [4.69, 9.17) is 5.26 Å². The van der Waals surface area contributed by atoms with Crippen molar-refractivity contribution in [2.75, 3.05) is 0 Å². The fraction of sp³-hybridized carbons (Fsp3) is 0.308. The number of carbonyl (C=O) groups excluding carboxylic acids is 2. The lowest BCUT2D eigenvalue weighted by Crippen LogP contribution is -2.27. The average Bonchev–Trinajstić information content (AvgIpc) is 2.28. The Bertz CT molecular complexity index is 457. The summed E-state index contributed by atoms with van der Waals surface area (Å²) in [6.45, 7) is 3.21. The molecular formula is C13H14N2O2. The molecule has 0 saturated heterocycles. The Morgan fingerprint density at radius 2 is 1.94 bits per heavy atom. The van der Waals surface area contributed by atoms with Gasteiger partial charge in [0.25, 0.3) is 0 Å². The van der Waals surface area contributed by atoms with Gasteiger partial charge in [0.1, 0.15) is 5.78 Å². The van der Waals surface area contributed by atoms with Gasteiger partial charge >= 0.3 is 0 Å². The minimum atomic E-state index is -0.283. The largest absolute Gasteiger partial charge is 0.349 e. The van der Waals surface area contributed by atoms with E-state index in [1.54, 1.807) is 24.3 Å². The highest BCUT2D eigenvalue weighted by Crippen LogP contribution is 2.13. The monoisotopic (exact) mass is 230 g/mol. The number of nitrogens with zero attached hydrogens (tertiary/aromatic N) is 1. The number of amides is 1. The number of Topliss-reactive ketones (excluding diaryl/α,β-unsaturated/α-hetero) is 1. The molecule has 0 saturated carbocycles. The predicted octanol–water partition coefficient (Wildman–Crippen LogP) is 1.71. The maximum Gasteiger partial charge on any atom is 0.227 e. The van der Waals surface area contributed by atoms with Gasteiger partial charge in [-0.3, -0.25) is 9.59 Å². The molecule has 17 heavy (non-hydrogen) atoms. The van der Waals surface area contributed by atoms with E-state index in [0.717, 1.165) is 5.56 Å². The van der Waals surface area contributed by atoms with Crippen LogP contribution in [0.15, 0.2) is 24.3 Å². The van der Waals surface area contributed by atoms with Crippen LogP contribution in [0.3, 0.4) is 0 Å². The lowest BCUT2D eigenvalue weighted by atomic mass is 10.1. The van der Waals surface area contributed by atoms with Crippen molar-refractivity contribution in [2.24, 2.45) is 0 Å². The normalized spacial score (nSPS) is 11.4. The van der Waals surface area contributed by atoms with Gasteiger partial charge in [-0.1, -0.05) is 12.1 Å². The summed E-state index contributed by atoms with van der Waals surface area (Å²) < 4.78 is 0. The number of hydrogen-bond donors (Lipinski definition) is 1. The van der Waals surface area contributed by atoms with Crippen molar-refractivity contribution in [3.05, 3.63) is 35.4 Å². The van der Waals surface area contributed by atoms with Gasteiger partial charge in [0, 0.05) is 0 Å². The highest BCUT2D eigenvalue weighted by molar-refractivity contribution is 5.96. The van der Waals surface area contributed by atoms with E-state index in [2.05, 4.69) is 5.32 Å². The Morgan fingerprint density at radius 3 is 2.41 bits per heavy atom. The van der Waals surface area contributed by atoms with Crippen LogP contribution in [-0.2, 0) is 9.59 Å². The molecule has 0 bridgehead atoms. The molecule has 88 valence electrons. The van der Waals surface area contributed by atoms with E-state index in [0.29, 0.717) is 5.56 Å². The molecule has 0 heterocycles. The summed E-state index contributed by atoms with van der Waals surface area (Å²) in [6.07, 6.45) is -0.0966. The second kappa shape index (κ2) is 5.80. The van der Waals surface area contributed by atoms with Gasteiger partial charge in [-0.25, -0.2) is 0 Å². The van der Waals surface area contributed by atoms with Gasteiger partial charge < -0.3 is 5.32 Å². The van der Waals surface area contributed by atoms with Crippen LogP contribution in [0.2, 0.25) is 0 Å². The molecule has 1 aromatic carbocycles. The standard InChI is InChI=1S/C13H14N2O2/c1-9(16)7-13(17)15-10(2)12-5-3-11(8-14)4-6-12/h3-6,10H,7H2,1-2H3,(H,15,17). The van der Waals surface area contributed by atoms with Crippen molar-refractivity contribution in [3.8, 4) is 6.07 Å². The van der Waals surface area contributed by atoms with Crippen molar-refractivity contribution in [1.82, 2.24) is 5.32 Å². The zero-order valence-electron chi connectivity index (χ0n) is 9.86. The zero-order chi connectivity index (χ0) is 12.8. The molecule has 1 rings (SSSR count). The molecule has 4 heteroatoms. The Labute approximate surface area is 100 Å².